The van der Waals surface area contributed by atoms with Crippen LogP contribution in [0, 0.1) is 17.5 Å². The number of hydrogen-bond donors (Lipinski definition) is 2. The van der Waals surface area contributed by atoms with Crippen LogP contribution in [0.15, 0.2) is 34.8 Å². The Labute approximate surface area is 139 Å². The molecule has 0 aromatic heterocycles. The van der Waals surface area contributed by atoms with Crippen molar-refractivity contribution in [2.75, 3.05) is 10.6 Å². The van der Waals surface area contributed by atoms with Crippen LogP contribution in [0.2, 0.25) is 0 Å². The third-order valence-electron chi connectivity index (χ3n) is 2.81. The van der Waals surface area contributed by atoms with Crippen molar-refractivity contribution in [2.24, 2.45) is 0 Å². The van der Waals surface area contributed by atoms with Crippen molar-refractivity contribution in [1.29, 1.82) is 0 Å². The average Bonchev–Trinajstić information content (AvgIpc) is 2.44. The van der Waals surface area contributed by atoms with Gasteiger partial charge in [-0.15, -0.1) is 0 Å². The number of anilines is 2. The van der Waals surface area contributed by atoms with E-state index in [0.717, 1.165) is 18.2 Å². The zero-order valence-corrected chi connectivity index (χ0v) is 13.0. The molecule has 0 atom stereocenters. The first-order chi connectivity index (χ1) is 11.1. The second-order valence-corrected chi connectivity index (χ2v) is 5.34. The number of carbonyl (C=O) groups is 1. The van der Waals surface area contributed by atoms with Crippen LogP contribution in [-0.2, 0) is 6.18 Å². The Balaban J connectivity index is 2.26. The van der Waals surface area contributed by atoms with Crippen molar-refractivity contribution in [3.63, 3.8) is 0 Å². The zero-order chi connectivity index (χ0) is 18.1. The molecule has 10 heteroatoms. The first-order valence-electron chi connectivity index (χ1n) is 6.18. The average molecular weight is 413 g/mol. The molecule has 2 aromatic carbocycles. The number of urea groups is 1. The molecule has 0 saturated heterocycles. The molecule has 0 aliphatic carbocycles. The third kappa shape index (κ3) is 3.99. The Hall–Kier alpha value is -2.23. The first kappa shape index (κ1) is 18.1. The number of hydrogen-bond acceptors (Lipinski definition) is 1. The summed E-state index contributed by atoms with van der Waals surface area (Å²) in [7, 11) is 0. The van der Waals surface area contributed by atoms with Crippen LogP contribution in [0.1, 0.15) is 5.56 Å². The Morgan fingerprint density at radius 1 is 0.958 bits per heavy atom. The third-order valence-corrected chi connectivity index (χ3v) is 3.47. The molecule has 0 fully saturated rings. The normalized spacial score (nSPS) is 11.3. The highest BCUT2D eigenvalue weighted by Gasteiger charge is 2.34. The van der Waals surface area contributed by atoms with Gasteiger partial charge in [0.2, 0.25) is 0 Å². The number of halogens is 7. The summed E-state index contributed by atoms with van der Waals surface area (Å²) in [6.07, 6.45) is -4.79. The smallest absolute Gasteiger partial charge is 0.305 e. The summed E-state index contributed by atoms with van der Waals surface area (Å²) in [6, 6.07) is 2.34. The largest absolute Gasteiger partial charge is 0.417 e. The minimum atomic E-state index is -4.79. The van der Waals surface area contributed by atoms with Gasteiger partial charge in [0.1, 0.15) is 23.1 Å². The molecular formula is C14H7BrF6N2O. The van der Waals surface area contributed by atoms with E-state index < -0.39 is 51.1 Å². The van der Waals surface area contributed by atoms with Gasteiger partial charge in [0.05, 0.1) is 11.3 Å². The molecule has 0 radical (unpaired) electrons. The SMILES string of the molecule is O=C(Nc1cc(C(F)(F)F)c(Br)cc1F)Nc1c(F)cccc1F. The van der Waals surface area contributed by atoms with E-state index in [-0.39, 0.29) is 0 Å². The maximum Gasteiger partial charge on any atom is 0.417 e. The number of carbonyl (C=O) groups excluding carboxylic acids is 1. The Morgan fingerprint density at radius 2 is 1.54 bits per heavy atom. The molecule has 0 aliphatic heterocycles. The van der Waals surface area contributed by atoms with Gasteiger partial charge in [-0.25, -0.2) is 18.0 Å². The summed E-state index contributed by atoms with van der Waals surface area (Å²) in [5.41, 5.74) is -2.85. The van der Waals surface area contributed by atoms with Crippen LogP contribution in [0.25, 0.3) is 0 Å². The van der Waals surface area contributed by atoms with Gasteiger partial charge in [0, 0.05) is 4.47 Å². The first-order valence-corrected chi connectivity index (χ1v) is 6.97. The molecule has 0 bridgehead atoms. The van der Waals surface area contributed by atoms with E-state index in [9.17, 15) is 31.1 Å². The standard InChI is InChI=1S/C14H7BrF6N2O/c15-7-5-10(18)11(4-6(7)14(19,20)21)22-13(24)23-12-8(16)2-1-3-9(12)17/h1-5H,(H2,22,23,24). The van der Waals surface area contributed by atoms with Gasteiger partial charge in [-0.2, -0.15) is 13.2 Å². The second-order valence-electron chi connectivity index (χ2n) is 4.49. The van der Waals surface area contributed by atoms with Crippen molar-refractivity contribution < 1.29 is 31.1 Å². The van der Waals surface area contributed by atoms with Crippen molar-refractivity contribution >= 4 is 33.3 Å². The molecule has 3 nitrogen and oxygen atoms in total. The van der Waals surface area contributed by atoms with Crippen LogP contribution in [0.3, 0.4) is 0 Å². The lowest BCUT2D eigenvalue weighted by Gasteiger charge is -2.14. The highest BCUT2D eigenvalue weighted by Crippen LogP contribution is 2.37. The molecule has 0 saturated carbocycles. The van der Waals surface area contributed by atoms with Gasteiger partial charge in [-0.1, -0.05) is 22.0 Å². The van der Waals surface area contributed by atoms with E-state index in [1.165, 1.54) is 0 Å². The number of benzene rings is 2. The second kappa shape index (κ2) is 6.71. The quantitative estimate of drug-likeness (QED) is 0.625. The predicted molar refractivity (Wildman–Crippen MR) is 78.1 cm³/mol. The van der Waals surface area contributed by atoms with Crippen LogP contribution in [0.4, 0.5) is 42.5 Å². The van der Waals surface area contributed by atoms with Gasteiger partial charge in [0.15, 0.2) is 0 Å². The minimum absolute atomic E-state index is 0.358. The molecule has 0 aliphatic rings. The number of para-hydroxylation sites is 1. The van der Waals surface area contributed by atoms with E-state index in [0.29, 0.717) is 12.1 Å². The summed E-state index contributed by atoms with van der Waals surface area (Å²) in [6.45, 7) is 0. The lowest BCUT2D eigenvalue weighted by atomic mass is 10.2. The predicted octanol–water partition coefficient (Wildman–Crippen LogP) is 5.53. The number of rotatable bonds is 2. The molecule has 24 heavy (non-hydrogen) atoms. The Bertz CT molecular complexity index is 773. The van der Waals surface area contributed by atoms with Crippen LogP contribution < -0.4 is 10.6 Å². The van der Waals surface area contributed by atoms with Gasteiger partial charge in [-0.05, 0) is 24.3 Å². The van der Waals surface area contributed by atoms with Crippen molar-refractivity contribution in [2.45, 2.75) is 6.18 Å². The topological polar surface area (TPSA) is 41.1 Å². The summed E-state index contributed by atoms with van der Waals surface area (Å²) in [5, 5.41) is 3.54. The van der Waals surface area contributed by atoms with Crippen molar-refractivity contribution in [3.05, 3.63) is 57.8 Å². The molecule has 2 aromatic rings. The van der Waals surface area contributed by atoms with E-state index in [4.69, 9.17) is 0 Å². The summed E-state index contributed by atoms with van der Waals surface area (Å²) in [4.78, 5) is 11.7. The number of amides is 2. The summed E-state index contributed by atoms with van der Waals surface area (Å²) < 4.78 is 78.2. The van der Waals surface area contributed by atoms with Crippen LogP contribution in [-0.4, -0.2) is 6.03 Å². The fourth-order valence-corrected chi connectivity index (χ4v) is 2.29. The van der Waals surface area contributed by atoms with Crippen LogP contribution in [0.5, 0.6) is 0 Å². The molecule has 128 valence electrons. The maximum atomic E-state index is 13.7. The number of nitrogens with one attached hydrogen (secondary N) is 2. The molecule has 0 heterocycles. The number of alkyl halides is 3. The molecule has 2 rings (SSSR count). The van der Waals surface area contributed by atoms with E-state index in [1.807, 2.05) is 0 Å². The maximum absolute atomic E-state index is 13.7. The van der Waals surface area contributed by atoms with Gasteiger partial charge in [0.25, 0.3) is 0 Å². The van der Waals surface area contributed by atoms with Crippen LogP contribution >= 0.6 is 15.9 Å². The minimum Gasteiger partial charge on any atom is -0.305 e. The highest BCUT2D eigenvalue weighted by atomic mass is 79.9. The van der Waals surface area contributed by atoms with E-state index in [1.54, 1.807) is 10.6 Å². The Morgan fingerprint density at radius 3 is 2.08 bits per heavy atom. The van der Waals surface area contributed by atoms with Gasteiger partial charge >= 0.3 is 12.2 Å². The molecule has 0 unspecified atom stereocenters. The fourth-order valence-electron chi connectivity index (χ4n) is 1.75. The van der Waals surface area contributed by atoms with E-state index >= 15 is 0 Å². The molecular weight excluding hydrogens is 406 g/mol. The highest BCUT2D eigenvalue weighted by molar-refractivity contribution is 9.10. The summed E-state index contributed by atoms with van der Waals surface area (Å²) >= 11 is 2.57. The lowest BCUT2D eigenvalue weighted by Crippen LogP contribution is -2.22. The lowest BCUT2D eigenvalue weighted by molar-refractivity contribution is -0.138. The Kier molecular flexibility index (Phi) is 5.07. The van der Waals surface area contributed by atoms with Crippen molar-refractivity contribution in [3.8, 4) is 0 Å². The molecule has 2 N–H and O–H groups in total. The monoisotopic (exact) mass is 412 g/mol. The molecule has 2 amide bonds. The van der Waals surface area contributed by atoms with Gasteiger partial charge in [-0.3, -0.25) is 0 Å². The molecule has 0 spiro atoms. The summed E-state index contributed by atoms with van der Waals surface area (Å²) in [5.74, 6) is -3.37. The van der Waals surface area contributed by atoms with Crippen molar-refractivity contribution in [1.82, 2.24) is 0 Å². The van der Waals surface area contributed by atoms with E-state index in [2.05, 4.69) is 15.9 Å². The van der Waals surface area contributed by atoms with Gasteiger partial charge < -0.3 is 10.6 Å². The zero-order valence-electron chi connectivity index (χ0n) is 11.4. The fraction of sp³-hybridized carbons (Fsp3) is 0.0714.